The number of nitrogen functional groups attached to an aromatic ring is 1. The molecule has 21 heavy (non-hydrogen) atoms. The Kier molecular flexibility index (Phi) is 4.20. The van der Waals surface area contributed by atoms with E-state index in [0.29, 0.717) is 0 Å². The standard InChI is InChI=1S/C13H11BrF2N2O2S/c1-7-4-11(16)12(17)6-13(7)21(19,20)18-8-2-3-9(14)10(15)5-8/h2-6,18H,17H2,1H3. The quantitative estimate of drug-likeness (QED) is 0.806. The second-order valence-electron chi connectivity index (χ2n) is 4.37. The Morgan fingerprint density at radius 3 is 2.43 bits per heavy atom. The van der Waals surface area contributed by atoms with Gasteiger partial charge in [0.1, 0.15) is 11.6 Å². The molecule has 0 aromatic heterocycles. The van der Waals surface area contributed by atoms with Crippen molar-refractivity contribution in [2.75, 3.05) is 10.5 Å². The van der Waals surface area contributed by atoms with Crippen molar-refractivity contribution in [1.29, 1.82) is 0 Å². The Morgan fingerprint density at radius 1 is 1.14 bits per heavy atom. The molecule has 112 valence electrons. The number of hydrogen-bond acceptors (Lipinski definition) is 3. The molecule has 0 unspecified atom stereocenters. The van der Waals surface area contributed by atoms with E-state index in [2.05, 4.69) is 20.7 Å². The number of sulfonamides is 1. The van der Waals surface area contributed by atoms with Gasteiger partial charge in [-0.2, -0.15) is 0 Å². The lowest BCUT2D eigenvalue weighted by molar-refractivity contribution is 0.599. The number of halogens is 3. The zero-order valence-electron chi connectivity index (χ0n) is 10.8. The van der Waals surface area contributed by atoms with Crippen LogP contribution >= 0.6 is 15.9 Å². The van der Waals surface area contributed by atoms with Crippen LogP contribution in [0.25, 0.3) is 0 Å². The highest BCUT2D eigenvalue weighted by Crippen LogP contribution is 2.25. The zero-order valence-corrected chi connectivity index (χ0v) is 13.2. The molecule has 0 fully saturated rings. The first-order valence-corrected chi connectivity index (χ1v) is 8.02. The van der Waals surface area contributed by atoms with Crippen LogP contribution in [-0.4, -0.2) is 8.42 Å². The Labute approximate surface area is 129 Å². The van der Waals surface area contributed by atoms with Gasteiger partial charge in [0.25, 0.3) is 10.0 Å². The number of nitrogens with one attached hydrogen (secondary N) is 1. The summed E-state index contributed by atoms with van der Waals surface area (Å²) in [6.45, 7) is 1.44. The van der Waals surface area contributed by atoms with Crippen LogP contribution in [0.15, 0.2) is 39.7 Å². The summed E-state index contributed by atoms with van der Waals surface area (Å²) >= 11 is 2.97. The van der Waals surface area contributed by atoms with Crippen molar-refractivity contribution >= 4 is 37.3 Å². The SMILES string of the molecule is Cc1cc(F)c(N)cc1S(=O)(=O)Nc1ccc(Br)c(F)c1. The summed E-state index contributed by atoms with van der Waals surface area (Å²) in [6.07, 6.45) is 0. The maximum Gasteiger partial charge on any atom is 0.262 e. The van der Waals surface area contributed by atoms with Crippen molar-refractivity contribution in [3.63, 3.8) is 0 Å². The molecular weight excluding hydrogens is 366 g/mol. The molecule has 0 spiro atoms. The number of benzene rings is 2. The third kappa shape index (κ3) is 3.33. The first kappa shape index (κ1) is 15.7. The van der Waals surface area contributed by atoms with Gasteiger partial charge in [-0.3, -0.25) is 4.72 Å². The van der Waals surface area contributed by atoms with Gasteiger partial charge in [-0.15, -0.1) is 0 Å². The fourth-order valence-electron chi connectivity index (χ4n) is 1.73. The molecule has 0 aliphatic rings. The minimum atomic E-state index is -3.99. The highest BCUT2D eigenvalue weighted by atomic mass is 79.9. The third-order valence-corrected chi connectivity index (χ3v) is 4.92. The van der Waals surface area contributed by atoms with Crippen LogP contribution in [-0.2, 0) is 10.0 Å². The van der Waals surface area contributed by atoms with Gasteiger partial charge in [0.05, 0.1) is 20.7 Å². The summed E-state index contributed by atoms with van der Waals surface area (Å²) < 4.78 is 53.6. The maximum atomic E-state index is 13.4. The van der Waals surface area contributed by atoms with Crippen molar-refractivity contribution in [3.05, 3.63) is 52.0 Å². The molecule has 3 N–H and O–H groups in total. The summed E-state index contributed by atoms with van der Waals surface area (Å²) in [6, 6.07) is 5.87. The normalized spacial score (nSPS) is 11.4. The molecule has 0 aliphatic carbocycles. The van der Waals surface area contributed by atoms with Gasteiger partial charge < -0.3 is 5.73 Å². The van der Waals surface area contributed by atoms with Gasteiger partial charge in [0, 0.05) is 0 Å². The third-order valence-electron chi connectivity index (χ3n) is 2.76. The molecule has 0 saturated heterocycles. The predicted molar refractivity (Wildman–Crippen MR) is 80.5 cm³/mol. The molecule has 0 bridgehead atoms. The van der Waals surface area contributed by atoms with Crippen LogP contribution in [0.5, 0.6) is 0 Å². The van der Waals surface area contributed by atoms with Crippen molar-refractivity contribution < 1.29 is 17.2 Å². The lowest BCUT2D eigenvalue weighted by Gasteiger charge is -2.12. The Balaban J connectivity index is 2.43. The molecule has 2 aromatic rings. The van der Waals surface area contributed by atoms with Crippen LogP contribution in [0.1, 0.15) is 5.56 Å². The van der Waals surface area contributed by atoms with Crippen LogP contribution < -0.4 is 10.5 Å². The molecule has 0 amide bonds. The molecule has 0 heterocycles. The smallest absolute Gasteiger partial charge is 0.262 e. The minimum absolute atomic E-state index is 0.0537. The van der Waals surface area contributed by atoms with E-state index in [-0.39, 0.29) is 26.3 Å². The average molecular weight is 377 g/mol. The van der Waals surface area contributed by atoms with Crippen molar-refractivity contribution in [1.82, 2.24) is 0 Å². The average Bonchev–Trinajstić information content (AvgIpc) is 2.37. The van der Waals surface area contributed by atoms with Gasteiger partial charge in [0.2, 0.25) is 0 Å². The predicted octanol–water partition coefficient (Wildman–Crippen LogP) is 3.42. The molecular formula is C13H11BrF2N2O2S. The molecule has 8 heteroatoms. The number of anilines is 2. The van der Waals surface area contributed by atoms with Crippen LogP contribution in [0, 0.1) is 18.6 Å². The van der Waals surface area contributed by atoms with E-state index in [4.69, 9.17) is 5.73 Å². The summed E-state index contributed by atoms with van der Waals surface area (Å²) in [5.74, 6) is -1.30. The van der Waals surface area contributed by atoms with E-state index in [9.17, 15) is 17.2 Å². The molecule has 2 aromatic carbocycles. The van der Waals surface area contributed by atoms with Gasteiger partial charge in [-0.25, -0.2) is 17.2 Å². The summed E-state index contributed by atoms with van der Waals surface area (Å²) in [7, 11) is -3.99. The fraction of sp³-hybridized carbons (Fsp3) is 0.0769. The van der Waals surface area contributed by atoms with E-state index >= 15 is 0 Å². The lowest BCUT2D eigenvalue weighted by Crippen LogP contribution is -2.15. The summed E-state index contributed by atoms with van der Waals surface area (Å²) in [5.41, 5.74) is 5.37. The van der Waals surface area contributed by atoms with E-state index in [1.807, 2.05) is 0 Å². The monoisotopic (exact) mass is 376 g/mol. The van der Waals surface area contributed by atoms with E-state index in [1.54, 1.807) is 0 Å². The summed E-state index contributed by atoms with van der Waals surface area (Å²) in [5, 5.41) is 0. The lowest BCUT2D eigenvalue weighted by atomic mass is 10.2. The second-order valence-corrected chi connectivity index (χ2v) is 6.88. The second kappa shape index (κ2) is 5.61. The topological polar surface area (TPSA) is 72.2 Å². The first-order chi connectivity index (χ1) is 9.70. The van der Waals surface area contributed by atoms with Crippen LogP contribution in [0.3, 0.4) is 0 Å². The van der Waals surface area contributed by atoms with Crippen LogP contribution in [0.4, 0.5) is 20.2 Å². The van der Waals surface area contributed by atoms with Crippen molar-refractivity contribution in [2.24, 2.45) is 0 Å². The van der Waals surface area contributed by atoms with Gasteiger partial charge in [-0.1, -0.05) is 0 Å². The highest BCUT2D eigenvalue weighted by Gasteiger charge is 2.19. The maximum absolute atomic E-state index is 13.4. The number of rotatable bonds is 3. The first-order valence-electron chi connectivity index (χ1n) is 5.74. The van der Waals surface area contributed by atoms with E-state index in [0.717, 1.165) is 18.2 Å². The van der Waals surface area contributed by atoms with Gasteiger partial charge >= 0.3 is 0 Å². The highest BCUT2D eigenvalue weighted by molar-refractivity contribution is 9.10. The Bertz CT molecular complexity index is 810. The molecule has 0 radical (unpaired) electrons. The zero-order chi connectivity index (χ0) is 15.8. The number of aryl methyl sites for hydroxylation is 1. The largest absolute Gasteiger partial charge is 0.396 e. The Hall–Kier alpha value is -1.67. The number of hydrogen-bond donors (Lipinski definition) is 2. The van der Waals surface area contributed by atoms with Crippen molar-refractivity contribution in [3.8, 4) is 0 Å². The van der Waals surface area contributed by atoms with Crippen LogP contribution in [0.2, 0.25) is 0 Å². The van der Waals surface area contributed by atoms with Gasteiger partial charge in [0.15, 0.2) is 0 Å². The molecule has 0 saturated carbocycles. The van der Waals surface area contributed by atoms with E-state index < -0.39 is 21.7 Å². The van der Waals surface area contributed by atoms with E-state index in [1.165, 1.54) is 19.1 Å². The minimum Gasteiger partial charge on any atom is -0.396 e. The molecule has 2 rings (SSSR count). The van der Waals surface area contributed by atoms with Crippen molar-refractivity contribution in [2.45, 2.75) is 11.8 Å². The Morgan fingerprint density at radius 2 is 1.81 bits per heavy atom. The van der Waals surface area contributed by atoms with Gasteiger partial charge in [-0.05, 0) is 58.7 Å². The molecule has 0 aliphatic heterocycles. The number of nitrogens with two attached hydrogens (primary N) is 1. The molecule has 0 atom stereocenters. The summed E-state index contributed by atoms with van der Waals surface area (Å²) in [4.78, 5) is -0.162. The molecule has 4 nitrogen and oxygen atoms in total. The fourth-order valence-corrected chi connectivity index (χ4v) is 3.29.